The largest absolute Gasteiger partial charge is 0.373 e. The van der Waals surface area contributed by atoms with E-state index in [9.17, 15) is 4.79 Å². The van der Waals surface area contributed by atoms with Crippen LogP contribution in [0.15, 0.2) is 24.3 Å². The summed E-state index contributed by atoms with van der Waals surface area (Å²) in [6, 6.07) is 7.32. The van der Waals surface area contributed by atoms with Gasteiger partial charge in [0.25, 0.3) is 0 Å². The van der Waals surface area contributed by atoms with Crippen LogP contribution in [-0.4, -0.2) is 42.6 Å². The Bertz CT molecular complexity index is 451. The van der Waals surface area contributed by atoms with Crippen LogP contribution in [0.5, 0.6) is 0 Å². The molecule has 1 aromatic carbocycles. The number of halogens is 1. The minimum absolute atomic E-state index is 0.0678. The van der Waals surface area contributed by atoms with Gasteiger partial charge in [0.1, 0.15) is 0 Å². The number of morpholine rings is 1. The zero-order valence-corrected chi connectivity index (χ0v) is 11.8. The minimum atomic E-state index is -0.0722. The normalized spacial score (nSPS) is 21.2. The van der Waals surface area contributed by atoms with Crippen molar-refractivity contribution in [1.82, 2.24) is 4.90 Å². The summed E-state index contributed by atoms with van der Waals surface area (Å²) in [6.07, 6.45) is 0.295. The molecule has 1 amide bonds. The molecule has 0 bridgehead atoms. The van der Waals surface area contributed by atoms with Crippen LogP contribution in [-0.2, 0) is 16.0 Å². The Morgan fingerprint density at radius 1 is 1.63 bits per heavy atom. The number of carbonyl (C=O) groups excluding carboxylic acids is 1. The highest BCUT2D eigenvalue weighted by Gasteiger charge is 2.26. The molecule has 19 heavy (non-hydrogen) atoms. The molecule has 1 fully saturated rings. The van der Waals surface area contributed by atoms with Crippen molar-refractivity contribution < 1.29 is 9.53 Å². The first-order valence-corrected chi connectivity index (χ1v) is 6.83. The van der Waals surface area contributed by atoms with E-state index in [4.69, 9.17) is 22.1 Å². The van der Waals surface area contributed by atoms with Crippen molar-refractivity contribution in [2.24, 2.45) is 5.73 Å². The van der Waals surface area contributed by atoms with Crippen molar-refractivity contribution in [3.05, 3.63) is 34.9 Å². The average Bonchev–Trinajstić information content (AvgIpc) is 2.39. The van der Waals surface area contributed by atoms with Crippen LogP contribution >= 0.6 is 11.6 Å². The first kappa shape index (κ1) is 14.3. The number of carbonyl (C=O) groups is 1. The Morgan fingerprint density at radius 2 is 2.42 bits per heavy atom. The third-order valence-electron chi connectivity index (χ3n) is 3.28. The zero-order valence-electron chi connectivity index (χ0n) is 11.0. The lowest BCUT2D eigenvalue weighted by atomic mass is 10.1. The molecule has 2 rings (SSSR count). The average molecular weight is 283 g/mol. The van der Waals surface area contributed by atoms with Crippen molar-refractivity contribution in [2.45, 2.75) is 25.5 Å². The fraction of sp³-hybridized carbons (Fsp3) is 0.500. The van der Waals surface area contributed by atoms with E-state index in [-0.39, 0.29) is 18.1 Å². The van der Waals surface area contributed by atoms with Crippen molar-refractivity contribution in [3.8, 4) is 0 Å². The van der Waals surface area contributed by atoms with Crippen molar-refractivity contribution >= 4 is 17.5 Å². The highest BCUT2D eigenvalue weighted by molar-refractivity contribution is 6.30. The van der Waals surface area contributed by atoms with E-state index in [0.717, 1.165) is 5.56 Å². The molecule has 4 nitrogen and oxygen atoms in total. The molecule has 2 unspecified atom stereocenters. The van der Waals surface area contributed by atoms with Crippen LogP contribution in [0.3, 0.4) is 0 Å². The maximum absolute atomic E-state index is 12.2. The van der Waals surface area contributed by atoms with Gasteiger partial charge in [0.15, 0.2) is 0 Å². The molecule has 1 aliphatic rings. The van der Waals surface area contributed by atoms with Gasteiger partial charge in [-0.25, -0.2) is 0 Å². The van der Waals surface area contributed by atoms with Gasteiger partial charge in [0.2, 0.25) is 5.91 Å². The van der Waals surface area contributed by atoms with Crippen LogP contribution in [0.25, 0.3) is 0 Å². The topological polar surface area (TPSA) is 55.6 Å². The van der Waals surface area contributed by atoms with Crippen LogP contribution < -0.4 is 5.73 Å². The SMILES string of the molecule is CC(N)C1CN(C(=O)Cc2cccc(Cl)c2)CCO1. The highest BCUT2D eigenvalue weighted by Crippen LogP contribution is 2.14. The van der Waals surface area contributed by atoms with Gasteiger partial charge in [-0.2, -0.15) is 0 Å². The second-order valence-electron chi connectivity index (χ2n) is 4.91. The molecule has 1 aliphatic heterocycles. The van der Waals surface area contributed by atoms with E-state index in [2.05, 4.69) is 0 Å². The summed E-state index contributed by atoms with van der Waals surface area (Å²) in [5.41, 5.74) is 6.75. The second-order valence-corrected chi connectivity index (χ2v) is 5.35. The van der Waals surface area contributed by atoms with Crippen LogP contribution in [0.4, 0.5) is 0 Å². The fourth-order valence-electron chi connectivity index (χ4n) is 2.15. The fourth-order valence-corrected chi connectivity index (χ4v) is 2.37. The van der Waals surface area contributed by atoms with E-state index in [1.54, 1.807) is 6.07 Å². The van der Waals surface area contributed by atoms with Gasteiger partial charge < -0.3 is 15.4 Å². The molecular formula is C14H19ClN2O2. The number of hydrogen-bond acceptors (Lipinski definition) is 3. The molecular weight excluding hydrogens is 264 g/mol. The molecule has 0 spiro atoms. The molecule has 104 valence electrons. The first-order valence-electron chi connectivity index (χ1n) is 6.45. The molecule has 2 atom stereocenters. The highest BCUT2D eigenvalue weighted by atomic mass is 35.5. The van der Waals surface area contributed by atoms with Crippen molar-refractivity contribution in [2.75, 3.05) is 19.7 Å². The lowest BCUT2D eigenvalue weighted by Crippen LogP contribution is -2.51. The number of benzene rings is 1. The second kappa shape index (κ2) is 6.37. The number of nitrogens with two attached hydrogens (primary N) is 1. The molecule has 0 aromatic heterocycles. The van der Waals surface area contributed by atoms with E-state index in [0.29, 0.717) is 31.1 Å². The standard InChI is InChI=1S/C14H19ClN2O2/c1-10(16)13-9-17(5-6-19-13)14(18)8-11-3-2-4-12(15)7-11/h2-4,7,10,13H,5-6,8-9,16H2,1H3. The van der Waals surface area contributed by atoms with E-state index in [1.165, 1.54) is 0 Å². The summed E-state index contributed by atoms with van der Waals surface area (Å²) < 4.78 is 5.55. The van der Waals surface area contributed by atoms with E-state index >= 15 is 0 Å². The summed E-state index contributed by atoms with van der Waals surface area (Å²) in [7, 11) is 0. The summed E-state index contributed by atoms with van der Waals surface area (Å²) in [5, 5.41) is 0.653. The monoisotopic (exact) mass is 282 g/mol. The molecule has 0 saturated carbocycles. The van der Waals surface area contributed by atoms with Gasteiger partial charge in [-0.15, -0.1) is 0 Å². The maximum atomic E-state index is 12.2. The minimum Gasteiger partial charge on any atom is -0.373 e. The van der Waals surface area contributed by atoms with Gasteiger partial charge in [0.05, 0.1) is 19.1 Å². The number of rotatable bonds is 3. The summed E-state index contributed by atoms with van der Waals surface area (Å²) >= 11 is 5.92. The molecule has 5 heteroatoms. The van der Waals surface area contributed by atoms with Crippen LogP contribution in [0.1, 0.15) is 12.5 Å². The van der Waals surface area contributed by atoms with Gasteiger partial charge in [-0.1, -0.05) is 23.7 Å². The van der Waals surface area contributed by atoms with Crippen molar-refractivity contribution in [3.63, 3.8) is 0 Å². The number of hydrogen-bond donors (Lipinski definition) is 1. The lowest BCUT2D eigenvalue weighted by Gasteiger charge is -2.34. The Morgan fingerprint density at radius 3 is 3.11 bits per heavy atom. The maximum Gasteiger partial charge on any atom is 0.227 e. The Labute approximate surface area is 118 Å². The smallest absolute Gasteiger partial charge is 0.227 e. The summed E-state index contributed by atoms with van der Waals surface area (Å²) in [4.78, 5) is 14.1. The predicted molar refractivity (Wildman–Crippen MR) is 75.1 cm³/mol. The predicted octanol–water partition coefficient (Wildman–Crippen LogP) is 1.46. The number of nitrogens with zero attached hydrogens (tertiary/aromatic N) is 1. The molecule has 0 aliphatic carbocycles. The van der Waals surface area contributed by atoms with Crippen LogP contribution in [0.2, 0.25) is 5.02 Å². The summed E-state index contributed by atoms with van der Waals surface area (Å²) in [5.74, 6) is 0.0937. The van der Waals surface area contributed by atoms with Gasteiger partial charge in [0, 0.05) is 24.2 Å². The molecule has 1 heterocycles. The lowest BCUT2D eigenvalue weighted by molar-refractivity contribution is -0.138. The third-order valence-corrected chi connectivity index (χ3v) is 3.51. The third kappa shape index (κ3) is 3.93. The van der Waals surface area contributed by atoms with E-state index in [1.807, 2.05) is 30.0 Å². The van der Waals surface area contributed by atoms with Crippen LogP contribution in [0, 0.1) is 0 Å². The molecule has 0 radical (unpaired) electrons. The quantitative estimate of drug-likeness (QED) is 0.913. The van der Waals surface area contributed by atoms with Gasteiger partial charge in [-0.05, 0) is 24.6 Å². The molecule has 1 saturated heterocycles. The number of ether oxygens (including phenoxy) is 1. The Hall–Kier alpha value is -1.10. The van der Waals surface area contributed by atoms with Gasteiger partial charge >= 0.3 is 0 Å². The number of amides is 1. The Kier molecular flexibility index (Phi) is 4.80. The molecule has 1 aromatic rings. The first-order chi connectivity index (χ1) is 9.06. The zero-order chi connectivity index (χ0) is 13.8. The van der Waals surface area contributed by atoms with Gasteiger partial charge in [-0.3, -0.25) is 4.79 Å². The molecule has 2 N–H and O–H groups in total. The van der Waals surface area contributed by atoms with E-state index < -0.39 is 0 Å². The summed E-state index contributed by atoms with van der Waals surface area (Å²) in [6.45, 7) is 3.64. The Balaban J connectivity index is 1.96. The van der Waals surface area contributed by atoms with Crippen molar-refractivity contribution in [1.29, 1.82) is 0 Å².